The third-order valence-electron chi connectivity index (χ3n) is 1.58. The monoisotopic (exact) mass is 317 g/mol. The van der Waals surface area contributed by atoms with Gasteiger partial charge in [0.2, 0.25) is 16.4 Å². The van der Waals surface area contributed by atoms with Crippen molar-refractivity contribution in [2.45, 2.75) is 25.6 Å². The maximum absolute atomic E-state index is 12.5. The van der Waals surface area contributed by atoms with Crippen LogP contribution in [0.5, 0.6) is 0 Å². The molecule has 0 bridgehead atoms. The Morgan fingerprint density at radius 1 is 1.40 bits per heavy atom. The van der Waals surface area contributed by atoms with E-state index in [9.17, 15) is 31.3 Å². The van der Waals surface area contributed by atoms with Crippen LogP contribution in [0.4, 0.5) is 8.78 Å². The maximum atomic E-state index is 12.5. The highest BCUT2D eigenvalue weighted by Gasteiger charge is 2.43. The van der Waals surface area contributed by atoms with Crippen LogP contribution < -0.4 is 0 Å². The van der Waals surface area contributed by atoms with Crippen molar-refractivity contribution in [3.8, 4) is 0 Å². The molecule has 20 heavy (non-hydrogen) atoms. The molecular formula is C9H11F2O8S-. The van der Waals surface area contributed by atoms with Gasteiger partial charge in [-0.25, -0.2) is 18.0 Å². The van der Waals surface area contributed by atoms with E-state index in [-0.39, 0.29) is 5.57 Å². The molecule has 11 heteroatoms. The lowest BCUT2D eigenvalue weighted by atomic mass is 10.4. The average molecular weight is 317 g/mol. The Hall–Kier alpha value is -1.59. The summed E-state index contributed by atoms with van der Waals surface area (Å²) in [6, 6.07) is 0. The number of ether oxygens (including phenoxy) is 3. The first-order valence-electron chi connectivity index (χ1n) is 4.90. The van der Waals surface area contributed by atoms with Gasteiger partial charge >= 0.3 is 17.4 Å². The van der Waals surface area contributed by atoms with Crippen molar-refractivity contribution < 1.29 is 45.6 Å². The van der Waals surface area contributed by atoms with Gasteiger partial charge in [-0.2, -0.15) is 8.78 Å². The molecule has 0 aliphatic rings. The maximum Gasteiger partial charge on any atom is 0.499 e. The molecule has 0 radical (unpaired) electrons. The van der Waals surface area contributed by atoms with Crippen molar-refractivity contribution in [3.05, 3.63) is 12.2 Å². The highest BCUT2D eigenvalue weighted by atomic mass is 32.2. The lowest BCUT2D eigenvalue weighted by Crippen LogP contribution is -2.36. The van der Waals surface area contributed by atoms with Crippen LogP contribution in [0, 0.1) is 0 Å². The fraction of sp³-hybridized carbons (Fsp3) is 0.556. The smallest absolute Gasteiger partial charge is 0.499 e. The van der Waals surface area contributed by atoms with Gasteiger partial charge in [-0.1, -0.05) is 6.58 Å². The molecule has 0 rings (SSSR count). The second kappa shape index (κ2) is 6.72. The van der Waals surface area contributed by atoms with E-state index in [0.29, 0.717) is 0 Å². The topological polar surface area (TPSA) is 119 Å². The number of hydrogen-bond donors (Lipinski definition) is 0. The number of hydrogen-bond acceptors (Lipinski definition) is 8. The van der Waals surface area contributed by atoms with E-state index in [1.807, 2.05) is 0 Å². The van der Waals surface area contributed by atoms with Gasteiger partial charge in [0.25, 0.3) is 0 Å². The minimum absolute atomic E-state index is 0.0343. The fourth-order valence-corrected chi connectivity index (χ4v) is 0.879. The summed E-state index contributed by atoms with van der Waals surface area (Å²) < 4.78 is 67.4. The predicted octanol–water partition coefficient (Wildman–Crippen LogP) is 0.107. The summed E-state index contributed by atoms with van der Waals surface area (Å²) in [5.74, 6) is -2.68. The fourth-order valence-electron chi connectivity index (χ4n) is 0.684. The van der Waals surface area contributed by atoms with Crippen molar-refractivity contribution in [1.29, 1.82) is 0 Å². The van der Waals surface area contributed by atoms with Crippen molar-refractivity contribution in [2.75, 3.05) is 6.61 Å². The van der Waals surface area contributed by atoms with Gasteiger partial charge in [0.05, 0.1) is 0 Å². The third-order valence-corrected chi connectivity index (χ3v) is 2.25. The van der Waals surface area contributed by atoms with Crippen molar-refractivity contribution >= 4 is 22.1 Å². The van der Waals surface area contributed by atoms with Gasteiger partial charge in [0.15, 0.2) is 0 Å². The molecule has 1 atom stereocenters. The number of rotatable bonds is 7. The Bertz CT molecular complexity index is 498. The van der Waals surface area contributed by atoms with Crippen LogP contribution in [0.15, 0.2) is 12.2 Å². The summed E-state index contributed by atoms with van der Waals surface area (Å²) in [7, 11) is -6.15. The molecule has 0 heterocycles. The third kappa shape index (κ3) is 6.04. The minimum atomic E-state index is -6.15. The molecule has 0 aliphatic carbocycles. The highest BCUT2D eigenvalue weighted by molar-refractivity contribution is 7.86. The Balaban J connectivity index is 4.31. The molecule has 0 N–H and O–H groups in total. The first kappa shape index (κ1) is 18.4. The Labute approximate surface area is 113 Å². The Kier molecular flexibility index (Phi) is 6.19. The van der Waals surface area contributed by atoms with Crippen molar-refractivity contribution in [2.24, 2.45) is 0 Å². The van der Waals surface area contributed by atoms with Gasteiger partial charge in [0, 0.05) is 5.57 Å². The summed E-state index contributed by atoms with van der Waals surface area (Å²) in [6.45, 7) is 4.60. The molecule has 0 aromatic heterocycles. The summed E-state index contributed by atoms with van der Waals surface area (Å²) in [5, 5.41) is 0. The summed E-state index contributed by atoms with van der Waals surface area (Å²) in [5.41, 5.74) is -5.17. The van der Waals surface area contributed by atoms with Crippen molar-refractivity contribution in [3.63, 3.8) is 0 Å². The van der Waals surface area contributed by atoms with E-state index in [1.165, 1.54) is 6.92 Å². The van der Waals surface area contributed by atoms with E-state index < -0.39 is 40.4 Å². The number of esters is 2. The molecule has 0 saturated heterocycles. The van der Waals surface area contributed by atoms with Gasteiger partial charge in [-0.15, -0.1) is 0 Å². The molecule has 0 fully saturated rings. The largest absolute Gasteiger partial charge is 0.740 e. The minimum Gasteiger partial charge on any atom is -0.740 e. The molecule has 116 valence electrons. The van der Waals surface area contributed by atoms with Crippen molar-refractivity contribution in [1.82, 2.24) is 0 Å². The number of halogens is 2. The molecule has 8 nitrogen and oxygen atoms in total. The zero-order valence-corrected chi connectivity index (χ0v) is 11.2. The van der Waals surface area contributed by atoms with Crippen LogP contribution in [0.1, 0.15) is 13.8 Å². The van der Waals surface area contributed by atoms with Gasteiger partial charge in [-0.3, -0.25) is 0 Å². The van der Waals surface area contributed by atoms with E-state index in [4.69, 9.17) is 0 Å². The Morgan fingerprint density at radius 3 is 2.30 bits per heavy atom. The van der Waals surface area contributed by atoms with Crippen LogP contribution in [0.25, 0.3) is 0 Å². The van der Waals surface area contributed by atoms with Gasteiger partial charge < -0.3 is 18.8 Å². The van der Waals surface area contributed by atoms with E-state index >= 15 is 0 Å². The van der Waals surface area contributed by atoms with Gasteiger partial charge in [0.1, 0.15) is 6.61 Å². The normalized spacial score (nSPS) is 13.4. The SMILES string of the molecule is C=C(C)C(=O)OC(C)OCC(=O)OC(F)(F)S(=O)(=O)[O-]. The lowest BCUT2D eigenvalue weighted by Gasteiger charge is -2.19. The quantitative estimate of drug-likeness (QED) is 0.281. The molecule has 1 unspecified atom stereocenters. The standard InChI is InChI=1S/C9H12F2O8S/c1-5(2)8(13)18-6(3)17-4-7(12)19-9(10,11)20(14,15)16/h6H,1,4H2,2-3H3,(H,14,15,16)/p-1. The zero-order valence-electron chi connectivity index (χ0n) is 10.4. The highest BCUT2D eigenvalue weighted by Crippen LogP contribution is 2.21. The van der Waals surface area contributed by atoms with E-state index in [1.54, 1.807) is 0 Å². The molecule has 0 spiro atoms. The van der Waals surface area contributed by atoms with Crippen LogP contribution in [-0.4, -0.2) is 43.2 Å². The molecule has 0 saturated carbocycles. The predicted molar refractivity (Wildman–Crippen MR) is 57.1 cm³/mol. The van der Waals surface area contributed by atoms with Crippen LogP contribution in [-0.2, 0) is 33.9 Å². The molecule has 0 aromatic rings. The van der Waals surface area contributed by atoms with E-state index in [2.05, 4.69) is 20.8 Å². The first-order valence-corrected chi connectivity index (χ1v) is 6.31. The summed E-state index contributed by atoms with van der Waals surface area (Å²) in [6.07, 6.45) is -1.30. The molecule has 0 amide bonds. The van der Waals surface area contributed by atoms with Crippen LogP contribution >= 0.6 is 0 Å². The summed E-state index contributed by atoms with van der Waals surface area (Å²) >= 11 is 0. The Morgan fingerprint density at radius 2 is 1.90 bits per heavy atom. The van der Waals surface area contributed by atoms with Gasteiger partial charge in [-0.05, 0) is 13.8 Å². The molecule has 0 aromatic carbocycles. The zero-order chi connectivity index (χ0) is 16.1. The number of carbonyl (C=O) groups excluding carboxylic acids is 2. The lowest BCUT2D eigenvalue weighted by molar-refractivity contribution is -0.208. The van der Waals surface area contributed by atoms with Crippen LogP contribution in [0.3, 0.4) is 0 Å². The second-order valence-corrected chi connectivity index (χ2v) is 4.84. The average Bonchev–Trinajstić information content (AvgIpc) is 2.23. The molecular weight excluding hydrogens is 306 g/mol. The number of alkyl halides is 2. The first-order chi connectivity index (χ1) is 8.86. The van der Waals surface area contributed by atoms with E-state index in [0.717, 1.165) is 6.92 Å². The van der Waals surface area contributed by atoms with Crippen LogP contribution in [0.2, 0.25) is 0 Å². The summed E-state index contributed by atoms with van der Waals surface area (Å²) in [4.78, 5) is 21.8. The number of carbonyl (C=O) groups is 2. The molecule has 0 aliphatic heterocycles. The second-order valence-electron chi connectivity index (χ2n) is 3.46.